The SMILES string of the molecule is COC(=O)[C@H]1O[C@@H](O)[C@H](O[C@@H]2OC[C@H](O)[C@H](O)[C@H]2O[C@@H]2O[C@@H](C)[C@H](O)[C@@H](O)[C@H]2O)[C@@H](O)[C@@H]1O. The molecule has 15 nitrogen and oxygen atoms in total. The van der Waals surface area contributed by atoms with Gasteiger partial charge < -0.3 is 69.3 Å². The Morgan fingerprint density at radius 3 is 2.03 bits per heavy atom. The van der Waals surface area contributed by atoms with Crippen molar-refractivity contribution in [2.24, 2.45) is 0 Å². The van der Waals surface area contributed by atoms with Gasteiger partial charge in [-0.25, -0.2) is 4.79 Å². The first-order chi connectivity index (χ1) is 15.5. The van der Waals surface area contributed by atoms with Crippen LogP contribution >= 0.6 is 0 Å². The topological polar surface area (TPSA) is 234 Å². The van der Waals surface area contributed by atoms with Crippen LogP contribution in [0.5, 0.6) is 0 Å². The molecule has 0 unspecified atom stereocenters. The molecule has 0 aliphatic carbocycles. The predicted octanol–water partition coefficient (Wildman–Crippen LogP) is -5.73. The summed E-state index contributed by atoms with van der Waals surface area (Å²) < 4.78 is 31.0. The van der Waals surface area contributed by atoms with Crippen LogP contribution in [0.1, 0.15) is 6.92 Å². The van der Waals surface area contributed by atoms with Gasteiger partial charge in [0, 0.05) is 0 Å². The maximum Gasteiger partial charge on any atom is 0.337 e. The Morgan fingerprint density at radius 2 is 1.39 bits per heavy atom. The normalized spacial score (nSPS) is 51.2. The summed E-state index contributed by atoms with van der Waals surface area (Å²) in [5, 5.41) is 81.1. The molecular formula is C18H30O15. The van der Waals surface area contributed by atoms with Crippen molar-refractivity contribution >= 4 is 5.97 Å². The van der Waals surface area contributed by atoms with Gasteiger partial charge in [0.15, 0.2) is 25.0 Å². The number of ether oxygens (including phenoxy) is 6. The van der Waals surface area contributed by atoms with Crippen LogP contribution in [0.15, 0.2) is 0 Å². The van der Waals surface area contributed by atoms with Crippen molar-refractivity contribution in [3.8, 4) is 0 Å². The summed E-state index contributed by atoms with van der Waals surface area (Å²) in [4.78, 5) is 11.7. The lowest BCUT2D eigenvalue weighted by Crippen LogP contribution is -2.65. The van der Waals surface area contributed by atoms with Crippen molar-refractivity contribution in [1.82, 2.24) is 0 Å². The number of carbonyl (C=O) groups is 1. The van der Waals surface area contributed by atoms with Crippen molar-refractivity contribution in [3.63, 3.8) is 0 Å². The first-order valence-corrected chi connectivity index (χ1v) is 10.2. The summed E-state index contributed by atoms with van der Waals surface area (Å²) in [5.74, 6) is -1.05. The molecule has 3 aliphatic rings. The van der Waals surface area contributed by atoms with Gasteiger partial charge in [-0.05, 0) is 6.92 Å². The highest BCUT2D eigenvalue weighted by atomic mass is 16.8. The fourth-order valence-electron chi connectivity index (χ4n) is 3.77. The van der Waals surface area contributed by atoms with E-state index in [0.29, 0.717) is 0 Å². The lowest BCUT2D eigenvalue weighted by Gasteiger charge is -2.46. The Balaban J connectivity index is 1.75. The largest absolute Gasteiger partial charge is 0.467 e. The Labute approximate surface area is 187 Å². The second kappa shape index (κ2) is 10.7. The Hall–Kier alpha value is -1.05. The number of aliphatic hydroxyl groups excluding tert-OH is 8. The predicted molar refractivity (Wildman–Crippen MR) is 98.8 cm³/mol. The fraction of sp³-hybridized carbons (Fsp3) is 0.944. The van der Waals surface area contributed by atoms with Gasteiger partial charge in [0.1, 0.15) is 54.9 Å². The number of hydrogen-bond acceptors (Lipinski definition) is 15. The minimum Gasteiger partial charge on any atom is -0.467 e. The summed E-state index contributed by atoms with van der Waals surface area (Å²) in [6, 6.07) is 0. The number of carbonyl (C=O) groups excluding carboxylic acids is 1. The van der Waals surface area contributed by atoms with E-state index in [4.69, 9.17) is 23.7 Å². The van der Waals surface area contributed by atoms with Crippen molar-refractivity contribution in [1.29, 1.82) is 0 Å². The molecule has 0 radical (unpaired) electrons. The third-order valence-corrected chi connectivity index (χ3v) is 5.82. The third kappa shape index (κ3) is 5.30. The molecule has 8 N–H and O–H groups in total. The second-order valence-electron chi connectivity index (χ2n) is 8.09. The maximum atomic E-state index is 11.7. The molecule has 14 atom stereocenters. The standard InChI is InChI=1S/C18H30O15/c1-4-6(20)8(22)11(25)17(30-4)33-14-7(21)5(19)3-29-18(14)32-13-10(24)9(23)12(15(26)28-2)31-16(13)27/h4-14,16-25,27H,3H2,1-2H3/t4-,5-,6-,7-,8+,9-,10-,11+,12-,13+,14+,16+,17-,18-/m0/s1. The van der Waals surface area contributed by atoms with Crippen LogP contribution in [0.4, 0.5) is 0 Å². The molecule has 0 spiro atoms. The van der Waals surface area contributed by atoms with E-state index in [1.54, 1.807) is 0 Å². The van der Waals surface area contributed by atoms with Gasteiger partial charge >= 0.3 is 5.97 Å². The van der Waals surface area contributed by atoms with Gasteiger partial charge in [-0.2, -0.15) is 0 Å². The number of rotatable bonds is 5. The van der Waals surface area contributed by atoms with E-state index in [-0.39, 0.29) is 0 Å². The molecule has 0 amide bonds. The summed E-state index contributed by atoms with van der Waals surface area (Å²) in [6.07, 6.45) is -22.8. The number of esters is 1. The van der Waals surface area contributed by atoms with E-state index in [9.17, 15) is 45.6 Å². The number of methoxy groups -OCH3 is 1. The van der Waals surface area contributed by atoms with Gasteiger partial charge in [0.05, 0.1) is 19.8 Å². The smallest absolute Gasteiger partial charge is 0.337 e. The molecule has 15 heteroatoms. The average molecular weight is 486 g/mol. The molecule has 0 aromatic carbocycles. The van der Waals surface area contributed by atoms with E-state index in [2.05, 4.69) is 4.74 Å². The van der Waals surface area contributed by atoms with Crippen LogP contribution in [-0.2, 0) is 33.2 Å². The van der Waals surface area contributed by atoms with Crippen LogP contribution in [-0.4, -0.2) is 147 Å². The van der Waals surface area contributed by atoms with E-state index >= 15 is 0 Å². The van der Waals surface area contributed by atoms with Gasteiger partial charge in [0.25, 0.3) is 0 Å². The first-order valence-electron chi connectivity index (χ1n) is 10.2. The zero-order valence-corrected chi connectivity index (χ0v) is 17.7. The van der Waals surface area contributed by atoms with Gasteiger partial charge in [-0.3, -0.25) is 0 Å². The van der Waals surface area contributed by atoms with Gasteiger partial charge in [-0.15, -0.1) is 0 Å². The second-order valence-corrected chi connectivity index (χ2v) is 8.09. The quantitative estimate of drug-likeness (QED) is 0.169. The van der Waals surface area contributed by atoms with Crippen LogP contribution < -0.4 is 0 Å². The van der Waals surface area contributed by atoms with Gasteiger partial charge in [-0.1, -0.05) is 0 Å². The monoisotopic (exact) mass is 486 g/mol. The molecule has 3 fully saturated rings. The van der Waals surface area contributed by atoms with Crippen LogP contribution in [0, 0.1) is 0 Å². The highest BCUT2D eigenvalue weighted by molar-refractivity contribution is 5.75. The highest BCUT2D eigenvalue weighted by Crippen LogP contribution is 2.31. The van der Waals surface area contributed by atoms with Crippen molar-refractivity contribution < 1.29 is 74.1 Å². The lowest BCUT2D eigenvalue weighted by molar-refractivity contribution is -0.377. The average Bonchev–Trinajstić information content (AvgIpc) is 2.79. The molecule has 3 aliphatic heterocycles. The molecule has 0 saturated carbocycles. The summed E-state index contributed by atoms with van der Waals surface area (Å²) in [6.45, 7) is 0.947. The molecule has 3 saturated heterocycles. The molecular weight excluding hydrogens is 456 g/mol. The maximum absolute atomic E-state index is 11.7. The van der Waals surface area contributed by atoms with E-state index in [1.165, 1.54) is 6.92 Å². The summed E-state index contributed by atoms with van der Waals surface area (Å²) >= 11 is 0. The molecule has 192 valence electrons. The van der Waals surface area contributed by atoms with E-state index in [1.807, 2.05) is 0 Å². The molecule has 0 aromatic rings. The van der Waals surface area contributed by atoms with Crippen LogP contribution in [0.3, 0.4) is 0 Å². The fourth-order valence-corrected chi connectivity index (χ4v) is 3.77. The van der Waals surface area contributed by atoms with Crippen molar-refractivity contribution in [2.75, 3.05) is 13.7 Å². The summed E-state index contributed by atoms with van der Waals surface area (Å²) in [7, 11) is 1.02. The number of aliphatic hydroxyl groups is 8. The molecule has 0 aromatic heterocycles. The zero-order chi connectivity index (χ0) is 24.6. The molecule has 33 heavy (non-hydrogen) atoms. The van der Waals surface area contributed by atoms with Crippen LogP contribution in [0.2, 0.25) is 0 Å². The van der Waals surface area contributed by atoms with Crippen molar-refractivity contribution in [3.05, 3.63) is 0 Å². The number of hydrogen-bond donors (Lipinski definition) is 8. The summed E-state index contributed by atoms with van der Waals surface area (Å²) in [5.41, 5.74) is 0. The Bertz CT molecular complexity index is 665. The first kappa shape index (κ1) is 26.6. The van der Waals surface area contributed by atoms with Gasteiger partial charge in [0.2, 0.25) is 0 Å². The van der Waals surface area contributed by atoms with E-state index in [0.717, 1.165) is 7.11 Å². The lowest BCUT2D eigenvalue weighted by atomic mass is 9.98. The molecule has 3 heterocycles. The molecule has 3 rings (SSSR count). The minimum absolute atomic E-state index is 0.454. The Morgan fingerprint density at radius 1 is 0.758 bits per heavy atom. The minimum atomic E-state index is -1.95. The zero-order valence-electron chi connectivity index (χ0n) is 17.7. The van der Waals surface area contributed by atoms with Crippen LogP contribution in [0.25, 0.3) is 0 Å². The van der Waals surface area contributed by atoms with Crippen molar-refractivity contribution in [2.45, 2.75) is 92.9 Å². The van der Waals surface area contributed by atoms with E-state index < -0.39 is 98.6 Å². The molecule has 0 bridgehead atoms. The third-order valence-electron chi connectivity index (χ3n) is 5.82. The highest BCUT2D eigenvalue weighted by Gasteiger charge is 2.52. The Kier molecular flexibility index (Phi) is 8.61.